The van der Waals surface area contributed by atoms with Gasteiger partial charge in [-0.1, -0.05) is 11.6 Å². The molecular weight excluding hydrogens is 238 g/mol. The molecule has 6 heteroatoms. The van der Waals surface area contributed by atoms with Crippen molar-refractivity contribution in [1.82, 2.24) is 0 Å². The second-order valence-electron chi connectivity index (χ2n) is 3.69. The van der Waals surface area contributed by atoms with Crippen LogP contribution in [0.5, 0.6) is 0 Å². The SMILES string of the molecule is NC1CC(=O)N(c2c(F)cc(F)cc2Cl)C1. The Bertz CT molecular complexity index is 429. The Kier molecular flexibility index (Phi) is 2.82. The van der Waals surface area contributed by atoms with Crippen LogP contribution >= 0.6 is 11.6 Å². The van der Waals surface area contributed by atoms with E-state index in [1.165, 1.54) is 0 Å². The topological polar surface area (TPSA) is 46.3 Å². The van der Waals surface area contributed by atoms with Crippen molar-refractivity contribution in [3.8, 4) is 0 Å². The molecule has 1 saturated heterocycles. The van der Waals surface area contributed by atoms with Crippen LogP contribution in [0.1, 0.15) is 6.42 Å². The fourth-order valence-corrected chi connectivity index (χ4v) is 2.04. The average molecular weight is 247 g/mol. The van der Waals surface area contributed by atoms with Gasteiger partial charge in [0.1, 0.15) is 5.82 Å². The highest BCUT2D eigenvalue weighted by molar-refractivity contribution is 6.34. The van der Waals surface area contributed by atoms with Crippen LogP contribution in [0, 0.1) is 11.6 Å². The van der Waals surface area contributed by atoms with E-state index in [1.807, 2.05) is 0 Å². The molecule has 1 aliphatic heterocycles. The fraction of sp³-hybridized carbons (Fsp3) is 0.300. The van der Waals surface area contributed by atoms with Gasteiger partial charge in [0.15, 0.2) is 5.82 Å². The third-order valence-electron chi connectivity index (χ3n) is 2.41. The third kappa shape index (κ3) is 1.88. The van der Waals surface area contributed by atoms with E-state index in [0.29, 0.717) is 6.07 Å². The van der Waals surface area contributed by atoms with Gasteiger partial charge >= 0.3 is 0 Å². The molecule has 3 nitrogen and oxygen atoms in total. The molecule has 86 valence electrons. The first-order valence-electron chi connectivity index (χ1n) is 4.69. The maximum Gasteiger partial charge on any atom is 0.228 e. The van der Waals surface area contributed by atoms with Gasteiger partial charge in [0.2, 0.25) is 5.91 Å². The van der Waals surface area contributed by atoms with Crippen LogP contribution in [0.2, 0.25) is 5.02 Å². The maximum atomic E-state index is 13.5. The summed E-state index contributed by atoms with van der Waals surface area (Å²) in [6, 6.07) is 1.32. The highest BCUT2D eigenvalue weighted by atomic mass is 35.5. The number of nitrogens with two attached hydrogens (primary N) is 1. The minimum absolute atomic E-state index is 0.0963. The molecule has 0 aliphatic carbocycles. The van der Waals surface area contributed by atoms with Crippen molar-refractivity contribution < 1.29 is 13.6 Å². The number of halogens is 3. The lowest BCUT2D eigenvalue weighted by Gasteiger charge is -2.18. The first kappa shape index (κ1) is 11.3. The minimum Gasteiger partial charge on any atom is -0.326 e. The number of hydrogen-bond acceptors (Lipinski definition) is 2. The fourth-order valence-electron chi connectivity index (χ4n) is 1.74. The lowest BCUT2D eigenvalue weighted by molar-refractivity contribution is -0.117. The van der Waals surface area contributed by atoms with Crippen LogP contribution in [-0.2, 0) is 4.79 Å². The summed E-state index contributed by atoms with van der Waals surface area (Å²) in [5, 5.41) is -0.125. The molecule has 1 atom stereocenters. The van der Waals surface area contributed by atoms with Crippen molar-refractivity contribution in [2.45, 2.75) is 12.5 Å². The molecule has 0 aromatic heterocycles. The Morgan fingerprint density at radius 1 is 1.44 bits per heavy atom. The van der Waals surface area contributed by atoms with Crippen LogP contribution in [0.3, 0.4) is 0 Å². The van der Waals surface area contributed by atoms with E-state index in [1.54, 1.807) is 0 Å². The van der Waals surface area contributed by atoms with E-state index >= 15 is 0 Å². The molecule has 0 spiro atoms. The molecule has 1 aromatic rings. The largest absolute Gasteiger partial charge is 0.326 e. The van der Waals surface area contributed by atoms with Crippen LogP contribution < -0.4 is 10.6 Å². The number of anilines is 1. The van der Waals surface area contributed by atoms with Crippen molar-refractivity contribution in [1.29, 1.82) is 0 Å². The number of hydrogen-bond donors (Lipinski definition) is 1. The van der Waals surface area contributed by atoms with Gasteiger partial charge < -0.3 is 10.6 Å². The maximum absolute atomic E-state index is 13.5. The zero-order valence-corrected chi connectivity index (χ0v) is 8.97. The predicted molar refractivity (Wildman–Crippen MR) is 56.3 cm³/mol. The van der Waals surface area contributed by atoms with Crippen molar-refractivity contribution in [3.05, 3.63) is 28.8 Å². The molecule has 1 aromatic carbocycles. The third-order valence-corrected chi connectivity index (χ3v) is 2.69. The van der Waals surface area contributed by atoms with Gasteiger partial charge in [-0.3, -0.25) is 4.79 Å². The second-order valence-corrected chi connectivity index (χ2v) is 4.09. The van der Waals surface area contributed by atoms with E-state index < -0.39 is 11.6 Å². The molecule has 2 N–H and O–H groups in total. The normalized spacial score (nSPS) is 20.6. The van der Waals surface area contributed by atoms with Gasteiger partial charge in [-0.25, -0.2) is 8.78 Å². The van der Waals surface area contributed by atoms with E-state index in [2.05, 4.69) is 0 Å². The highest BCUT2D eigenvalue weighted by Crippen LogP contribution is 2.32. The lowest BCUT2D eigenvalue weighted by atomic mass is 10.2. The first-order chi connectivity index (χ1) is 7.49. The summed E-state index contributed by atoms with van der Waals surface area (Å²) in [7, 11) is 0. The van der Waals surface area contributed by atoms with Crippen LogP contribution in [-0.4, -0.2) is 18.5 Å². The summed E-state index contributed by atoms with van der Waals surface area (Å²) in [6.07, 6.45) is 0.146. The molecule has 16 heavy (non-hydrogen) atoms. The van der Waals surface area contributed by atoms with Gasteiger partial charge in [0, 0.05) is 25.1 Å². The average Bonchev–Trinajstić information content (AvgIpc) is 2.43. The Balaban J connectivity index is 2.44. The van der Waals surface area contributed by atoms with Crippen molar-refractivity contribution >= 4 is 23.2 Å². The standard InChI is InChI=1S/C10H9ClF2N2O/c11-7-1-5(12)2-8(13)10(7)15-4-6(14)3-9(15)16/h1-2,6H,3-4,14H2. The summed E-state index contributed by atoms with van der Waals surface area (Å²) >= 11 is 5.71. The Morgan fingerprint density at radius 3 is 2.62 bits per heavy atom. The van der Waals surface area contributed by atoms with E-state index in [0.717, 1.165) is 11.0 Å². The van der Waals surface area contributed by atoms with Gasteiger partial charge in [-0.15, -0.1) is 0 Å². The molecule has 1 heterocycles. The summed E-state index contributed by atoms with van der Waals surface area (Å²) in [5.41, 5.74) is 5.48. The molecule has 0 bridgehead atoms. The number of carbonyl (C=O) groups is 1. The molecule has 1 aliphatic rings. The van der Waals surface area contributed by atoms with Crippen molar-refractivity contribution in [3.63, 3.8) is 0 Å². The summed E-state index contributed by atoms with van der Waals surface area (Å²) in [5.74, 6) is -1.94. The summed E-state index contributed by atoms with van der Waals surface area (Å²) < 4.78 is 26.3. The van der Waals surface area contributed by atoms with E-state index in [-0.39, 0.29) is 35.6 Å². The zero-order chi connectivity index (χ0) is 11.9. The predicted octanol–water partition coefficient (Wildman–Crippen LogP) is 1.68. The number of carbonyl (C=O) groups excluding carboxylic acids is 1. The minimum atomic E-state index is -0.854. The Hall–Kier alpha value is -1.20. The van der Waals surface area contributed by atoms with E-state index in [9.17, 15) is 13.6 Å². The molecule has 0 saturated carbocycles. The van der Waals surface area contributed by atoms with Gasteiger partial charge in [-0.2, -0.15) is 0 Å². The van der Waals surface area contributed by atoms with Crippen molar-refractivity contribution in [2.24, 2.45) is 5.73 Å². The second kappa shape index (κ2) is 3.99. The van der Waals surface area contributed by atoms with E-state index in [4.69, 9.17) is 17.3 Å². The van der Waals surface area contributed by atoms with Gasteiger partial charge in [0.05, 0.1) is 10.7 Å². The molecular formula is C10H9ClF2N2O. The molecule has 2 rings (SSSR count). The monoisotopic (exact) mass is 246 g/mol. The number of benzene rings is 1. The Labute approximate surface area is 95.8 Å². The molecule has 1 amide bonds. The van der Waals surface area contributed by atoms with Crippen molar-refractivity contribution in [2.75, 3.05) is 11.4 Å². The van der Waals surface area contributed by atoms with Crippen LogP contribution in [0.25, 0.3) is 0 Å². The first-order valence-corrected chi connectivity index (χ1v) is 5.07. The number of nitrogens with zero attached hydrogens (tertiary/aromatic N) is 1. The van der Waals surface area contributed by atoms with Crippen LogP contribution in [0.15, 0.2) is 12.1 Å². The molecule has 0 radical (unpaired) electrons. The molecule has 1 fully saturated rings. The smallest absolute Gasteiger partial charge is 0.228 e. The lowest BCUT2D eigenvalue weighted by Crippen LogP contribution is -2.29. The molecule has 1 unspecified atom stereocenters. The van der Waals surface area contributed by atoms with Crippen LogP contribution in [0.4, 0.5) is 14.5 Å². The summed E-state index contributed by atoms with van der Waals surface area (Å²) in [6.45, 7) is 0.196. The number of rotatable bonds is 1. The van der Waals surface area contributed by atoms with Gasteiger partial charge in [0.25, 0.3) is 0 Å². The number of amides is 1. The highest BCUT2D eigenvalue weighted by Gasteiger charge is 2.31. The summed E-state index contributed by atoms with van der Waals surface area (Å²) in [4.78, 5) is 12.7. The van der Waals surface area contributed by atoms with Gasteiger partial charge in [-0.05, 0) is 6.07 Å². The zero-order valence-electron chi connectivity index (χ0n) is 8.21. The Morgan fingerprint density at radius 2 is 2.12 bits per heavy atom. The quantitative estimate of drug-likeness (QED) is 0.820.